The highest BCUT2D eigenvalue weighted by molar-refractivity contribution is 7.92. The second kappa shape index (κ2) is 15.1. The number of sulfonamides is 1. The molecule has 51 heavy (non-hydrogen) atoms. The van der Waals surface area contributed by atoms with Crippen molar-refractivity contribution in [1.82, 2.24) is 10.2 Å². The summed E-state index contributed by atoms with van der Waals surface area (Å²) in [5, 5.41) is 4.06. The zero-order valence-corrected chi connectivity index (χ0v) is 31.7. The molecule has 7 nitrogen and oxygen atoms in total. The number of benzene rings is 3. The van der Waals surface area contributed by atoms with Crippen LogP contribution < -0.4 is 9.62 Å². The highest BCUT2D eigenvalue weighted by Gasteiger charge is 2.51. The number of nitrogens with one attached hydrogen (secondary N) is 1. The topological polar surface area (TPSA) is 86.8 Å². The molecule has 2 amide bonds. The molecule has 0 radical (unpaired) electrons. The van der Waals surface area contributed by atoms with Crippen LogP contribution in [0.1, 0.15) is 87.3 Å². The Hall–Kier alpha value is -3.07. The van der Waals surface area contributed by atoms with Crippen LogP contribution in [0.25, 0.3) is 0 Å². The molecule has 5 saturated carbocycles. The predicted molar refractivity (Wildman–Crippen MR) is 204 cm³/mol. The van der Waals surface area contributed by atoms with E-state index in [1.807, 2.05) is 42.5 Å². The first kappa shape index (κ1) is 36.3. The Kier molecular flexibility index (Phi) is 10.8. The highest BCUT2D eigenvalue weighted by Crippen LogP contribution is 2.60. The minimum absolute atomic E-state index is 0.00693. The molecule has 0 aliphatic heterocycles. The monoisotopic (exact) mass is 749 g/mol. The summed E-state index contributed by atoms with van der Waals surface area (Å²) in [7, 11) is -3.88. The lowest BCUT2D eigenvalue weighted by Gasteiger charge is -2.57. The molecule has 3 aromatic carbocycles. The smallest absolute Gasteiger partial charge is 0.244 e. The maximum Gasteiger partial charge on any atom is 0.244 e. The summed E-state index contributed by atoms with van der Waals surface area (Å²) in [4.78, 5) is 30.4. The first-order valence-corrected chi connectivity index (χ1v) is 21.2. The molecule has 5 fully saturated rings. The van der Waals surface area contributed by atoms with Gasteiger partial charge in [0.15, 0.2) is 0 Å². The van der Waals surface area contributed by atoms with E-state index in [9.17, 15) is 18.0 Å². The number of halogens is 2. The average Bonchev–Trinajstić information content (AvgIpc) is 3.09. The maximum atomic E-state index is 14.7. The molecule has 0 saturated heterocycles. The number of rotatable bonds is 12. The molecular formula is C41H49Cl2N3O4S. The lowest BCUT2D eigenvalue weighted by molar-refractivity contribution is -0.140. The molecule has 272 valence electrons. The first-order valence-electron chi connectivity index (χ1n) is 18.6. The van der Waals surface area contributed by atoms with E-state index in [0.717, 1.165) is 61.7 Å². The molecule has 0 spiro atoms. The second-order valence-corrected chi connectivity index (χ2v) is 18.6. The van der Waals surface area contributed by atoms with Crippen molar-refractivity contribution in [1.29, 1.82) is 0 Å². The standard InChI is InChI=1S/C41H49Cl2N3O4S/c1-51(49,50)46(36-16-13-33(14-17-36)41-23-29-18-30(24-41)20-31(19-29)25-41)27-39(47)45(26-32-12-15-34(42)22-37(32)43)38(21-28-8-4-2-5-9-28)40(48)44-35-10-6-3-7-11-35/h2,4-5,8-9,12-17,22,29-31,35,38H,3,6-7,10-11,18-21,23-27H2,1H3,(H,44,48)/t29?,30?,31?,38-,41?/m0/s1. The number of carbonyl (C=O) groups is 2. The maximum absolute atomic E-state index is 14.7. The van der Waals surface area contributed by atoms with Crippen molar-refractivity contribution in [3.63, 3.8) is 0 Å². The van der Waals surface area contributed by atoms with Gasteiger partial charge in [-0.05, 0) is 115 Å². The van der Waals surface area contributed by atoms with Crippen molar-refractivity contribution in [2.45, 2.75) is 101 Å². The summed E-state index contributed by atoms with van der Waals surface area (Å²) in [6.45, 7) is -0.449. The number of amides is 2. The number of carbonyl (C=O) groups excluding carboxylic acids is 2. The van der Waals surface area contributed by atoms with Gasteiger partial charge in [-0.1, -0.05) is 91.0 Å². The molecule has 0 unspecified atom stereocenters. The summed E-state index contributed by atoms with van der Waals surface area (Å²) in [5.74, 6) is 1.63. The van der Waals surface area contributed by atoms with Crippen LogP contribution in [-0.4, -0.2) is 50.0 Å². The quantitative estimate of drug-likeness (QED) is 0.202. The fourth-order valence-electron chi connectivity index (χ4n) is 9.99. The van der Waals surface area contributed by atoms with Gasteiger partial charge in [0, 0.05) is 29.1 Å². The largest absolute Gasteiger partial charge is 0.352 e. The van der Waals surface area contributed by atoms with Gasteiger partial charge in [-0.3, -0.25) is 13.9 Å². The van der Waals surface area contributed by atoms with Crippen LogP contribution >= 0.6 is 23.2 Å². The Labute approximate surface area is 313 Å². The Bertz CT molecular complexity index is 1790. The lowest BCUT2D eigenvalue weighted by atomic mass is 9.48. The summed E-state index contributed by atoms with van der Waals surface area (Å²) in [5.41, 5.74) is 3.40. The van der Waals surface area contributed by atoms with Gasteiger partial charge in [-0.2, -0.15) is 0 Å². The molecule has 5 aliphatic rings. The van der Waals surface area contributed by atoms with Gasteiger partial charge >= 0.3 is 0 Å². The molecular weight excluding hydrogens is 701 g/mol. The van der Waals surface area contributed by atoms with Crippen LogP contribution in [0.4, 0.5) is 5.69 Å². The van der Waals surface area contributed by atoms with Crippen molar-refractivity contribution in [3.8, 4) is 0 Å². The Morgan fingerprint density at radius 3 is 2.08 bits per heavy atom. The van der Waals surface area contributed by atoms with E-state index in [0.29, 0.717) is 21.3 Å². The van der Waals surface area contributed by atoms with E-state index >= 15 is 0 Å². The minimum atomic E-state index is -3.88. The van der Waals surface area contributed by atoms with E-state index in [-0.39, 0.29) is 30.3 Å². The second-order valence-electron chi connectivity index (χ2n) is 15.8. The SMILES string of the molecule is CS(=O)(=O)N(CC(=O)N(Cc1ccc(Cl)cc1Cl)[C@@H](Cc1ccccc1)C(=O)NC1CCCCC1)c1ccc(C23CC4CC(CC(C4)C2)C3)cc1. The Morgan fingerprint density at radius 1 is 0.863 bits per heavy atom. The summed E-state index contributed by atoms with van der Waals surface area (Å²) >= 11 is 12.9. The minimum Gasteiger partial charge on any atom is -0.352 e. The summed E-state index contributed by atoms with van der Waals surface area (Å²) in [6, 6.07) is 21.7. The van der Waals surface area contributed by atoms with Gasteiger partial charge in [0.2, 0.25) is 21.8 Å². The predicted octanol–water partition coefficient (Wildman–Crippen LogP) is 8.32. The van der Waals surface area contributed by atoms with Gasteiger partial charge in [0.25, 0.3) is 0 Å². The van der Waals surface area contributed by atoms with Crippen LogP contribution in [0.3, 0.4) is 0 Å². The van der Waals surface area contributed by atoms with E-state index in [1.54, 1.807) is 18.2 Å². The zero-order chi connectivity index (χ0) is 35.8. The molecule has 3 aromatic rings. The summed E-state index contributed by atoms with van der Waals surface area (Å²) < 4.78 is 28.1. The van der Waals surface area contributed by atoms with Crippen LogP contribution in [0.15, 0.2) is 72.8 Å². The van der Waals surface area contributed by atoms with Crippen molar-refractivity contribution < 1.29 is 18.0 Å². The van der Waals surface area contributed by atoms with Gasteiger partial charge in [-0.25, -0.2) is 8.42 Å². The summed E-state index contributed by atoms with van der Waals surface area (Å²) in [6.07, 6.45) is 14.1. The fraction of sp³-hybridized carbons (Fsp3) is 0.512. The van der Waals surface area contributed by atoms with E-state index in [1.165, 1.54) is 53.3 Å². The van der Waals surface area contributed by atoms with Gasteiger partial charge < -0.3 is 10.2 Å². The zero-order valence-electron chi connectivity index (χ0n) is 29.4. The molecule has 0 aromatic heterocycles. The number of nitrogens with zero attached hydrogens (tertiary/aromatic N) is 2. The normalized spacial score (nSPS) is 25.0. The number of hydrogen-bond acceptors (Lipinski definition) is 4. The van der Waals surface area contributed by atoms with Crippen molar-refractivity contribution in [2.24, 2.45) is 17.8 Å². The van der Waals surface area contributed by atoms with E-state index < -0.39 is 28.5 Å². The number of anilines is 1. The average molecular weight is 751 g/mol. The number of hydrogen-bond donors (Lipinski definition) is 1. The van der Waals surface area contributed by atoms with Crippen molar-refractivity contribution in [3.05, 3.63) is 99.5 Å². The van der Waals surface area contributed by atoms with Crippen LogP contribution in [0.5, 0.6) is 0 Å². The van der Waals surface area contributed by atoms with E-state index in [4.69, 9.17) is 23.2 Å². The fourth-order valence-corrected chi connectivity index (χ4v) is 11.3. The Balaban J connectivity index is 1.20. The molecule has 10 heteroatoms. The first-order chi connectivity index (χ1) is 24.5. The van der Waals surface area contributed by atoms with Crippen LogP contribution in [0.2, 0.25) is 10.0 Å². The third-order valence-corrected chi connectivity index (χ3v) is 13.8. The third-order valence-electron chi connectivity index (χ3n) is 12.1. The highest BCUT2D eigenvalue weighted by atomic mass is 35.5. The van der Waals surface area contributed by atoms with Crippen molar-refractivity contribution >= 4 is 50.7 Å². The molecule has 4 bridgehead atoms. The molecule has 5 aliphatic carbocycles. The Morgan fingerprint density at radius 2 is 1.49 bits per heavy atom. The van der Waals surface area contributed by atoms with E-state index in [2.05, 4.69) is 17.4 Å². The molecule has 1 N–H and O–H groups in total. The molecule has 8 rings (SSSR count). The van der Waals surface area contributed by atoms with Crippen molar-refractivity contribution in [2.75, 3.05) is 17.1 Å². The van der Waals surface area contributed by atoms with Gasteiger partial charge in [0.1, 0.15) is 12.6 Å². The van der Waals surface area contributed by atoms with Crippen LogP contribution in [0, 0.1) is 17.8 Å². The van der Waals surface area contributed by atoms with Crippen LogP contribution in [-0.2, 0) is 38.0 Å². The lowest BCUT2D eigenvalue weighted by Crippen LogP contribution is -2.55. The van der Waals surface area contributed by atoms with Gasteiger partial charge in [0.05, 0.1) is 11.9 Å². The van der Waals surface area contributed by atoms with Gasteiger partial charge in [-0.15, -0.1) is 0 Å². The third kappa shape index (κ3) is 8.29. The molecule has 1 atom stereocenters. The molecule has 0 heterocycles.